The average Bonchev–Trinajstić information content (AvgIpc) is 2.85. The molecule has 1 fully saturated rings. The zero-order chi connectivity index (χ0) is 22.9. The van der Waals surface area contributed by atoms with E-state index < -0.39 is 0 Å². The maximum absolute atomic E-state index is 6.61. The number of hydrogen-bond acceptors (Lipinski definition) is 4. The van der Waals surface area contributed by atoms with Crippen molar-refractivity contribution in [1.29, 1.82) is 0 Å². The van der Waals surface area contributed by atoms with Gasteiger partial charge in [-0.1, -0.05) is 72.3 Å². The lowest BCUT2D eigenvalue weighted by Gasteiger charge is -2.32. The third-order valence-corrected chi connectivity index (χ3v) is 6.31. The number of benzene rings is 3. The van der Waals surface area contributed by atoms with Crippen molar-refractivity contribution in [3.05, 3.63) is 94.5 Å². The highest BCUT2D eigenvalue weighted by atomic mass is 35.5. The van der Waals surface area contributed by atoms with Crippen LogP contribution in [0.1, 0.15) is 36.5 Å². The van der Waals surface area contributed by atoms with Gasteiger partial charge >= 0.3 is 0 Å². The van der Waals surface area contributed by atoms with Gasteiger partial charge in [0, 0.05) is 19.1 Å². The number of piperidine rings is 1. The van der Waals surface area contributed by atoms with Gasteiger partial charge in [0.1, 0.15) is 6.61 Å². The van der Waals surface area contributed by atoms with Crippen molar-refractivity contribution in [1.82, 2.24) is 10.2 Å². The molecule has 0 amide bonds. The molecule has 0 spiro atoms. The van der Waals surface area contributed by atoms with Crippen LogP contribution < -0.4 is 14.8 Å². The highest BCUT2D eigenvalue weighted by Gasteiger charge is 2.19. The normalized spacial score (nSPS) is 14.0. The van der Waals surface area contributed by atoms with Crippen molar-refractivity contribution in [3.8, 4) is 11.5 Å². The Balaban J connectivity index is 0.00000216. The molecule has 0 radical (unpaired) electrons. The molecule has 1 aliphatic rings. The SMILES string of the molecule is CCOc1cc(CNC2CCN(Cc3ccccc3)CC2)cc(Cl)c1OCc1ccccc1.Cl.Cl. The van der Waals surface area contributed by atoms with Crippen LogP contribution in [0, 0.1) is 0 Å². The summed E-state index contributed by atoms with van der Waals surface area (Å²) in [6.07, 6.45) is 2.30. The lowest BCUT2D eigenvalue weighted by atomic mass is 10.0. The summed E-state index contributed by atoms with van der Waals surface area (Å²) in [7, 11) is 0. The predicted molar refractivity (Wildman–Crippen MR) is 149 cm³/mol. The molecule has 190 valence electrons. The van der Waals surface area contributed by atoms with Crippen LogP contribution in [0.4, 0.5) is 0 Å². The fraction of sp³-hybridized carbons (Fsp3) is 0.357. The lowest BCUT2D eigenvalue weighted by Crippen LogP contribution is -2.41. The third kappa shape index (κ3) is 8.89. The van der Waals surface area contributed by atoms with E-state index in [0.29, 0.717) is 35.8 Å². The number of ether oxygens (including phenoxy) is 2. The van der Waals surface area contributed by atoms with Gasteiger partial charge in [0.05, 0.1) is 11.6 Å². The first kappa shape index (κ1) is 29.3. The standard InChI is InChI=1S/C28H33ClN2O2.2ClH/c1-2-32-27-18-24(17-26(29)28(27)33-21-23-11-7-4-8-12-23)19-30-25-13-15-31(16-14-25)20-22-9-5-3-6-10-22;;/h3-12,17-18,25,30H,2,13-16,19-21H2,1H3;2*1H. The van der Waals surface area contributed by atoms with E-state index in [9.17, 15) is 0 Å². The second kappa shape index (κ2) is 15.2. The van der Waals surface area contributed by atoms with Crippen molar-refractivity contribution in [2.45, 2.75) is 45.5 Å². The Bertz CT molecular complexity index is 998. The number of likely N-dealkylation sites (tertiary alicyclic amines) is 1. The summed E-state index contributed by atoms with van der Waals surface area (Å²) in [4.78, 5) is 2.54. The maximum Gasteiger partial charge on any atom is 0.180 e. The van der Waals surface area contributed by atoms with Crippen molar-refractivity contribution < 1.29 is 9.47 Å². The van der Waals surface area contributed by atoms with Gasteiger partial charge in [-0.15, -0.1) is 24.8 Å². The topological polar surface area (TPSA) is 33.7 Å². The molecule has 0 saturated carbocycles. The van der Waals surface area contributed by atoms with E-state index in [1.165, 1.54) is 5.56 Å². The molecule has 0 aliphatic carbocycles. The number of hydrogen-bond donors (Lipinski definition) is 1. The van der Waals surface area contributed by atoms with Crippen molar-refractivity contribution in [2.75, 3.05) is 19.7 Å². The van der Waals surface area contributed by atoms with E-state index in [-0.39, 0.29) is 24.8 Å². The minimum Gasteiger partial charge on any atom is -0.490 e. The Morgan fingerprint density at radius 2 is 1.49 bits per heavy atom. The van der Waals surface area contributed by atoms with E-state index in [4.69, 9.17) is 21.1 Å². The fourth-order valence-electron chi connectivity index (χ4n) is 4.26. The largest absolute Gasteiger partial charge is 0.490 e. The van der Waals surface area contributed by atoms with Crippen molar-refractivity contribution in [2.24, 2.45) is 0 Å². The van der Waals surface area contributed by atoms with E-state index in [2.05, 4.69) is 40.5 Å². The Hall–Kier alpha value is -1.95. The zero-order valence-corrected chi connectivity index (χ0v) is 22.5. The average molecular weight is 538 g/mol. The van der Waals surface area contributed by atoms with Crippen LogP contribution in [0.25, 0.3) is 0 Å². The van der Waals surface area contributed by atoms with Crippen LogP contribution >= 0.6 is 36.4 Å². The van der Waals surface area contributed by atoms with E-state index in [1.54, 1.807) is 0 Å². The van der Waals surface area contributed by atoms with Gasteiger partial charge in [0.15, 0.2) is 11.5 Å². The van der Waals surface area contributed by atoms with E-state index in [0.717, 1.165) is 50.1 Å². The second-order valence-corrected chi connectivity index (χ2v) is 8.94. The molecule has 0 atom stereocenters. The molecule has 1 N–H and O–H groups in total. The first-order chi connectivity index (χ1) is 16.2. The molecule has 4 rings (SSSR count). The number of nitrogens with one attached hydrogen (secondary N) is 1. The molecule has 0 bridgehead atoms. The molecule has 4 nitrogen and oxygen atoms in total. The minimum absolute atomic E-state index is 0. The van der Waals surface area contributed by atoms with Gasteiger partial charge in [-0.25, -0.2) is 0 Å². The summed E-state index contributed by atoms with van der Waals surface area (Å²) in [6, 6.07) is 25.4. The minimum atomic E-state index is 0. The lowest BCUT2D eigenvalue weighted by molar-refractivity contribution is 0.190. The van der Waals surface area contributed by atoms with Crippen LogP contribution in [0.15, 0.2) is 72.8 Å². The van der Waals surface area contributed by atoms with Crippen molar-refractivity contribution in [3.63, 3.8) is 0 Å². The van der Waals surface area contributed by atoms with Gasteiger partial charge in [0.2, 0.25) is 0 Å². The Morgan fingerprint density at radius 1 is 0.857 bits per heavy atom. The summed E-state index contributed by atoms with van der Waals surface area (Å²) >= 11 is 6.61. The molecule has 1 heterocycles. The molecule has 35 heavy (non-hydrogen) atoms. The molecule has 0 aromatic heterocycles. The molecule has 1 aliphatic heterocycles. The summed E-state index contributed by atoms with van der Waals surface area (Å²) in [5, 5.41) is 4.30. The number of nitrogens with zero attached hydrogens (tertiary/aromatic N) is 1. The van der Waals surface area contributed by atoms with Gasteiger partial charge < -0.3 is 14.8 Å². The summed E-state index contributed by atoms with van der Waals surface area (Å²) in [6.45, 7) is 7.03. The first-order valence-electron chi connectivity index (χ1n) is 11.8. The quantitative estimate of drug-likeness (QED) is 0.304. The Kier molecular flexibility index (Phi) is 12.7. The van der Waals surface area contributed by atoms with Gasteiger partial charge in [-0.3, -0.25) is 4.90 Å². The monoisotopic (exact) mass is 536 g/mol. The molecule has 3 aromatic carbocycles. The first-order valence-corrected chi connectivity index (χ1v) is 12.2. The Morgan fingerprint density at radius 3 is 2.11 bits per heavy atom. The Labute approximate surface area is 226 Å². The van der Waals surface area contributed by atoms with Gasteiger partial charge in [0.25, 0.3) is 0 Å². The molecule has 0 unspecified atom stereocenters. The third-order valence-electron chi connectivity index (χ3n) is 6.03. The van der Waals surface area contributed by atoms with Crippen LogP contribution in [0.3, 0.4) is 0 Å². The smallest absolute Gasteiger partial charge is 0.180 e. The summed E-state index contributed by atoms with van der Waals surface area (Å²) in [5.74, 6) is 1.32. The van der Waals surface area contributed by atoms with Gasteiger partial charge in [-0.2, -0.15) is 0 Å². The van der Waals surface area contributed by atoms with E-state index >= 15 is 0 Å². The zero-order valence-electron chi connectivity index (χ0n) is 20.1. The number of halogens is 3. The molecule has 1 saturated heterocycles. The fourth-order valence-corrected chi connectivity index (χ4v) is 4.54. The summed E-state index contributed by atoms with van der Waals surface area (Å²) < 4.78 is 11.9. The van der Waals surface area contributed by atoms with Gasteiger partial charge in [-0.05, 0) is 61.7 Å². The highest BCUT2D eigenvalue weighted by molar-refractivity contribution is 6.32. The van der Waals surface area contributed by atoms with Crippen molar-refractivity contribution >= 4 is 36.4 Å². The van der Waals surface area contributed by atoms with Crippen LogP contribution in [0.2, 0.25) is 5.02 Å². The highest BCUT2D eigenvalue weighted by Crippen LogP contribution is 2.37. The molecule has 7 heteroatoms. The van der Waals surface area contributed by atoms with Crippen LogP contribution in [0.5, 0.6) is 11.5 Å². The van der Waals surface area contributed by atoms with Crippen LogP contribution in [-0.2, 0) is 19.7 Å². The number of rotatable bonds is 10. The maximum atomic E-state index is 6.61. The summed E-state index contributed by atoms with van der Waals surface area (Å²) in [5.41, 5.74) is 3.60. The predicted octanol–water partition coefficient (Wildman–Crippen LogP) is 6.92. The molecular weight excluding hydrogens is 503 g/mol. The second-order valence-electron chi connectivity index (χ2n) is 8.53. The molecular formula is C28H35Cl3N2O2. The van der Waals surface area contributed by atoms with E-state index in [1.807, 2.05) is 49.4 Å². The molecule has 3 aromatic rings. The van der Waals surface area contributed by atoms with Crippen LogP contribution in [-0.4, -0.2) is 30.6 Å².